The molecule has 96 valence electrons. The molecule has 0 unspecified atom stereocenters. The molecule has 1 amide bonds. The van der Waals surface area contributed by atoms with Crippen molar-refractivity contribution < 1.29 is 9.90 Å². The molecule has 4 nitrogen and oxygen atoms in total. The highest BCUT2D eigenvalue weighted by Crippen LogP contribution is 2.07. The van der Waals surface area contributed by atoms with Crippen LogP contribution in [0.1, 0.15) is 21.6 Å². The van der Waals surface area contributed by atoms with E-state index in [-0.39, 0.29) is 12.5 Å². The first-order valence-electron chi connectivity index (χ1n) is 5.90. The molecule has 0 bridgehead atoms. The molecular weight excluding hydrogens is 240 g/mol. The van der Waals surface area contributed by atoms with Gasteiger partial charge >= 0.3 is 0 Å². The van der Waals surface area contributed by atoms with E-state index in [0.29, 0.717) is 12.2 Å². The minimum atomic E-state index is -0.177. The molecule has 2 aromatic rings. The van der Waals surface area contributed by atoms with E-state index >= 15 is 0 Å². The Morgan fingerprint density at radius 2 is 2.11 bits per heavy atom. The van der Waals surface area contributed by atoms with E-state index in [4.69, 9.17) is 5.11 Å². The summed E-state index contributed by atoms with van der Waals surface area (Å²) in [6.45, 7) is 0.220. The minimum Gasteiger partial charge on any atom is -0.384 e. The number of aromatic amines is 1. The number of carbonyl (C=O) groups excluding carboxylic acids is 1. The predicted octanol–water partition coefficient (Wildman–Crippen LogP) is 1.29. The van der Waals surface area contributed by atoms with Crippen LogP contribution in [0.3, 0.4) is 0 Å². The zero-order valence-electron chi connectivity index (χ0n) is 10.3. The van der Waals surface area contributed by atoms with Crippen LogP contribution in [0.25, 0.3) is 0 Å². The molecule has 0 radical (unpaired) electrons. The molecule has 0 saturated heterocycles. The topological polar surface area (TPSA) is 65.1 Å². The normalized spacial score (nSPS) is 9.53. The average molecular weight is 254 g/mol. The molecule has 0 aliphatic carbocycles. The maximum Gasteiger partial charge on any atom is 0.267 e. The van der Waals surface area contributed by atoms with Crippen LogP contribution in [-0.4, -0.2) is 22.6 Å². The summed E-state index contributed by atoms with van der Waals surface area (Å²) < 4.78 is 0. The van der Waals surface area contributed by atoms with Gasteiger partial charge in [0.1, 0.15) is 12.3 Å². The van der Waals surface area contributed by atoms with Crippen LogP contribution in [0.4, 0.5) is 0 Å². The summed E-state index contributed by atoms with van der Waals surface area (Å²) in [6.07, 6.45) is 1.70. The zero-order chi connectivity index (χ0) is 13.5. The Hall–Kier alpha value is -2.51. The molecule has 3 N–H and O–H groups in total. The van der Waals surface area contributed by atoms with Crippen molar-refractivity contribution in [3.63, 3.8) is 0 Å². The number of hydrogen-bond acceptors (Lipinski definition) is 2. The number of rotatable bonds is 3. The van der Waals surface area contributed by atoms with Crippen molar-refractivity contribution in [2.45, 2.75) is 6.54 Å². The fraction of sp³-hybridized carbons (Fsp3) is 0.133. The average Bonchev–Trinajstić information content (AvgIpc) is 2.97. The van der Waals surface area contributed by atoms with Gasteiger partial charge in [-0.1, -0.05) is 30.0 Å². The number of nitrogens with one attached hydrogen (secondary N) is 2. The Balaban J connectivity index is 2.05. The molecular formula is C15H14N2O2. The lowest BCUT2D eigenvalue weighted by molar-refractivity contribution is 0.0946. The van der Waals surface area contributed by atoms with E-state index in [2.05, 4.69) is 22.1 Å². The third-order valence-corrected chi connectivity index (χ3v) is 2.60. The predicted molar refractivity (Wildman–Crippen MR) is 72.4 cm³/mol. The van der Waals surface area contributed by atoms with Gasteiger partial charge in [-0.15, -0.1) is 0 Å². The molecule has 1 heterocycles. The van der Waals surface area contributed by atoms with Crippen molar-refractivity contribution in [3.8, 4) is 11.8 Å². The number of amides is 1. The summed E-state index contributed by atoms with van der Waals surface area (Å²) >= 11 is 0. The summed E-state index contributed by atoms with van der Waals surface area (Å²) in [6, 6.07) is 11.0. The van der Waals surface area contributed by atoms with Crippen LogP contribution in [0.2, 0.25) is 0 Å². The molecule has 0 fully saturated rings. The molecule has 4 heteroatoms. The highest BCUT2D eigenvalue weighted by Gasteiger charge is 2.06. The third kappa shape index (κ3) is 3.47. The second-order valence-electron chi connectivity index (χ2n) is 3.88. The maximum absolute atomic E-state index is 11.8. The molecule has 2 rings (SSSR count). The van der Waals surface area contributed by atoms with Gasteiger partial charge in [0.2, 0.25) is 0 Å². The number of carbonyl (C=O) groups is 1. The minimum absolute atomic E-state index is 0.157. The lowest BCUT2D eigenvalue weighted by Crippen LogP contribution is -2.23. The van der Waals surface area contributed by atoms with E-state index in [0.717, 1.165) is 11.1 Å². The zero-order valence-corrected chi connectivity index (χ0v) is 10.3. The van der Waals surface area contributed by atoms with Crippen molar-refractivity contribution >= 4 is 5.91 Å². The number of aliphatic hydroxyl groups excluding tert-OH is 1. The van der Waals surface area contributed by atoms with E-state index in [9.17, 15) is 4.79 Å². The Kier molecular flexibility index (Phi) is 4.38. The lowest BCUT2D eigenvalue weighted by atomic mass is 10.1. The molecule has 0 aliphatic rings. The van der Waals surface area contributed by atoms with Gasteiger partial charge in [-0.05, 0) is 23.8 Å². The molecule has 0 atom stereocenters. The first kappa shape index (κ1) is 12.9. The molecule has 0 aliphatic heterocycles. The van der Waals surface area contributed by atoms with Gasteiger partial charge in [0.25, 0.3) is 5.91 Å². The van der Waals surface area contributed by atoms with E-state index in [1.54, 1.807) is 18.3 Å². The van der Waals surface area contributed by atoms with Crippen LogP contribution < -0.4 is 5.32 Å². The van der Waals surface area contributed by atoms with Crippen molar-refractivity contribution in [1.29, 1.82) is 0 Å². The first-order valence-corrected chi connectivity index (χ1v) is 5.90. The van der Waals surface area contributed by atoms with Crippen molar-refractivity contribution in [1.82, 2.24) is 10.3 Å². The fourth-order valence-electron chi connectivity index (χ4n) is 1.67. The second-order valence-corrected chi connectivity index (χ2v) is 3.88. The highest BCUT2D eigenvalue weighted by molar-refractivity contribution is 5.92. The van der Waals surface area contributed by atoms with Crippen molar-refractivity contribution in [2.24, 2.45) is 0 Å². The summed E-state index contributed by atoms with van der Waals surface area (Å²) in [7, 11) is 0. The van der Waals surface area contributed by atoms with E-state index in [1.165, 1.54) is 0 Å². The summed E-state index contributed by atoms with van der Waals surface area (Å²) in [5, 5.41) is 11.5. The Morgan fingerprint density at radius 3 is 2.84 bits per heavy atom. The SMILES string of the molecule is O=C(NCc1ccccc1C#CCO)c1ccc[nH]1. The van der Waals surface area contributed by atoms with Gasteiger partial charge in [-0.2, -0.15) is 0 Å². The van der Waals surface area contributed by atoms with Crippen molar-refractivity contribution in [2.75, 3.05) is 6.61 Å². The number of hydrogen-bond donors (Lipinski definition) is 3. The molecule has 1 aromatic heterocycles. The quantitative estimate of drug-likeness (QED) is 0.723. The summed E-state index contributed by atoms with van der Waals surface area (Å²) in [5.41, 5.74) is 2.26. The van der Waals surface area contributed by atoms with Crippen LogP contribution in [0.5, 0.6) is 0 Å². The van der Waals surface area contributed by atoms with Gasteiger partial charge < -0.3 is 15.4 Å². The number of aliphatic hydroxyl groups is 1. The summed E-state index contributed by atoms with van der Waals surface area (Å²) in [5.74, 6) is 5.31. The van der Waals surface area contributed by atoms with E-state index in [1.807, 2.05) is 24.3 Å². The maximum atomic E-state index is 11.8. The van der Waals surface area contributed by atoms with Crippen LogP contribution in [-0.2, 0) is 6.54 Å². The van der Waals surface area contributed by atoms with Gasteiger partial charge in [-0.25, -0.2) is 0 Å². The Morgan fingerprint density at radius 1 is 1.26 bits per heavy atom. The molecule has 0 saturated carbocycles. The number of H-pyrrole nitrogens is 1. The van der Waals surface area contributed by atoms with Gasteiger partial charge in [0.05, 0.1) is 0 Å². The first-order chi connectivity index (χ1) is 9.31. The highest BCUT2D eigenvalue weighted by atomic mass is 16.2. The molecule has 1 aromatic carbocycles. The molecule has 19 heavy (non-hydrogen) atoms. The smallest absolute Gasteiger partial charge is 0.267 e. The summed E-state index contributed by atoms with van der Waals surface area (Å²) in [4.78, 5) is 14.6. The fourth-order valence-corrected chi connectivity index (χ4v) is 1.67. The third-order valence-electron chi connectivity index (χ3n) is 2.60. The largest absolute Gasteiger partial charge is 0.384 e. The van der Waals surface area contributed by atoms with Crippen LogP contribution >= 0.6 is 0 Å². The van der Waals surface area contributed by atoms with Gasteiger partial charge in [-0.3, -0.25) is 4.79 Å². The number of benzene rings is 1. The van der Waals surface area contributed by atoms with Crippen LogP contribution in [0.15, 0.2) is 42.6 Å². The Labute approximate surface area is 111 Å². The second kappa shape index (κ2) is 6.43. The monoisotopic (exact) mass is 254 g/mol. The van der Waals surface area contributed by atoms with E-state index < -0.39 is 0 Å². The van der Waals surface area contributed by atoms with Crippen LogP contribution in [0, 0.1) is 11.8 Å². The van der Waals surface area contributed by atoms with Gasteiger partial charge in [0, 0.05) is 18.3 Å². The lowest BCUT2D eigenvalue weighted by Gasteiger charge is -2.06. The standard InChI is InChI=1S/C15H14N2O2/c18-10-4-7-12-5-1-2-6-13(12)11-17-15(19)14-8-3-9-16-14/h1-3,5-6,8-9,16,18H,10-11H2,(H,17,19). The van der Waals surface area contributed by atoms with Crippen molar-refractivity contribution in [3.05, 3.63) is 59.4 Å². The van der Waals surface area contributed by atoms with Gasteiger partial charge in [0.15, 0.2) is 0 Å². The number of aromatic nitrogens is 1. The molecule has 0 spiro atoms. The Bertz CT molecular complexity index is 607.